The molecule has 8 nitrogen and oxygen atoms in total. The van der Waals surface area contributed by atoms with E-state index in [-0.39, 0.29) is 11.6 Å². The average Bonchev–Trinajstić information content (AvgIpc) is 3.31. The summed E-state index contributed by atoms with van der Waals surface area (Å²) in [5.74, 6) is 0.809. The predicted molar refractivity (Wildman–Crippen MR) is 130 cm³/mol. The Labute approximate surface area is 197 Å². The predicted octanol–water partition coefficient (Wildman–Crippen LogP) is 4.34. The Hall–Kier alpha value is -3.33. The van der Waals surface area contributed by atoms with Gasteiger partial charge in [-0.3, -0.25) is 19.5 Å². The second kappa shape index (κ2) is 10.1. The molecule has 0 N–H and O–H groups in total. The van der Waals surface area contributed by atoms with E-state index in [1.165, 1.54) is 29.5 Å². The largest absolute Gasteiger partial charge is 0.368 e. The van der Waals surface area contributed by atoms with Gasteiger partial charge in [0.25, 0.3) is 5.69 Å². The Balaban J connectivity index is 1.34. The third-order valence-electron chi connectivity index (χ3n) is 5.81. The van der Waals surface area contributed by atoms with Gasteiger partial charge in [-0.2, -0.15) is 0 Å². The molecular weight excluding hydrogens is 438 g/mol. The zero-order chi connectivity index (χ0) is 23.4. The van der Waals surface area contributed by atoms with Crippen molar-refractivity contribution in [2.45, 2.75) is 24.9 Å². The summed E-state index contributed by atoms with van der Waals surface area (Å²) in [4.78, 5) is 31.8. The molecule has 0 saturated carbocycles. The van der Waals surface area contributed by atoms with Gasteiger partial charge in [0.15, 0.2) is 5.16 Å². The number of carbonyl (C=O) groups is 1. The van der Waals surface area contributed by atoms with Crippen molar-refractivity contribution in [1.29, 1.82) is 0 Å². The molecule has 1 amide bonds. The van der Waals surface area contributed by atoms with Crippen molar-refractivity contribution in [1.82, 2.24) is 14.5 Å². The Kier molecular flexibility index (Phi) is 6.98. The first-order valence-corrected chi connectivity index (χ1v) is 11.9. The summed E-state index contributed by atoms with van der Waals surface area (Å²) in [7, 11) is 0. The molecule has 0 spiro atoms. The molecule has 1 aliphatic heterocycles. The van der Waals surface area contributed by atoms with E-state index in [1.807, 2.05) is 23.2 Å². The van der Waals surface area contributed by atoms with Crippen molar-refractivity contribution < 1.29 is 9.72 Å². The van der Waals surface area contributed by atoms with Crippen LogP contribution in [0.3, 0.4) is 0 Å². The molecule has 0 unspecified atom stereocenters. The lowest BCUT2D eigenvalue weighted by Crippen LogP contribution is -2.49. The number of aromatic nitrogens is 2. The summed E-state index contributed by atoms with van der Waals surface area (Å²) in [6, 6.07) is 14.8. The van der Waals surface area contributed by atoms with Gasteiger partial charge in [0.1, 0.15) is 0 Å². The highest BCUT2D eigenvalue weighted by Gasteiger charge is 2.22. The number of non-ortho nitro benzene ring substituents is 1. The van der Waals surface area contributed by atoms with Gasteiger partial charge < -0.3 is 9.80 Å². The van der Waals surface area contributed by atoms with Gasteiger partial charge in [0, 0.05) is 56.4 Å². The Morgan fingerprint density at radius 2 is 1.79 bits per heavy atom. The number of nitro groups is 1. The molecule has 3 aromatic rings. The van der Waals surface area contributed by atoms with E-state index in [4.69, 9.17) is 0 Å². The molecule has 0 bridgehead atoms. The third kappa shape index (κ3) is 5.19. The highest BCUT2D eigenvalue weighted by molar-refractivity contribution is 7.99. The van der Waals surface area contributed by atoms with Crippen molar-refractivity contribution in [2.24, 2.45) is 0 Å². The first-order chi connectivity index (χ1) is 15.9. The van der Waals surface area contributed by atoms with Crippen LogP contribution in [0.4, 0.5) is 11.4 Å². The molecule has 0 aliphatic carbocycles. The maximum absolute atomic E-state index is 12.9. The number of piperazine rings is 1. The zero-order valence-electron chi connectivity index (χ0n) is 18.8. The van der Waals surface area contributed by atoms with Gasteiger partial charge in [0.2, 0.25) is 5.91 Å². The molecule has 4 rings (SSSR count). The summed E-state index contributed by atoms with van der Waals surface area (Å²) >= 11 is 1.46. The van der Waals surface area contributed by atoms with Gasteiger partial charge in [0.05, 0.1) is 16.4 Å². The van der Waals surface area contributed by atoms with E-state index in [2.05, 4.69) is 40.4 Å². The molecule has 1 fully saturated rings. The van der Waals surface area contributed by atoms with E-state index in [0.717, 1.165) is 16.5 Å². The summed E-state index contributed by atoms with van der Waals surface area (Å²) in [5.41, 5.74) is 3.36. The summed E-state index contributed by atoms with van der Waals surface area (Å²) in [6.07, 6.45) is 3.71. The number of thioether (sulfide) groups is 1. The number of nitrogens with zero attached hydrogens (tertiary/aromatic N) is 5. The van der Waals surface area contributed by atoms with E-state index >= 15 is 0 Å². The molecule has 2 aromatic carbocycles. The molecular formula is C24H27N5O3S. The standard InChI is InChI=1S/C24H27N5O3S/c1-18(2)21-5-3-4-6-22(21)28-12-11-25-24(28)33-17-23(30)27-15-13-26(14-16-27)19-7-9-20(10-8-19)29(31)32/h3-12,18H,13-17H2,1-2H3. The number of para-hydroxylation sites is 1. The number of amides is 1. The minimum absolute atomic E-state index is 0.0824. The van der Waals surface area contributed by atoms with Gasteiger partial charge in [-0.25, -0.2) is 4.98 Å². The van der Waals surface area contributed by atoms with E-state index in [9.17, 15) is 14.9 Å². The number of anilines is 1. The van der Waals surface area contributed by atoms with Crippen LogP contribution in [-0.4, -0.2) is 57.2 Å². The summed E-state index contributed by atoms with van der Waals surface area (Å²) < 4.78 is 2.06. The van der Waals surface area contributed by atoms with Gasteiger partial charge in [-0.15, -0.1) is 0 Å². The lowest BCUT2D eigenvalue weighted by atomic mass is 10.0. The lowest BCUT2D eigenvalue weighted by molar-refractivity contribution is -0.384. The molecule has 33 heavy (non-hydrogen) atoms. The molecule has 0 atom stereocenters. The lowest BCUT2D eigenvalue weighted by Gasteiger charge is -2.36. The van der Waals surface area contributed by atoms with Crippen LogP contribution in [0, 0.1) is 10.1 Å². The van der Waals surface area contributed by atoms with Crippen LogP contribution in [0.2, 0.25) is 0 Å². The van der Waals surface area contributed by atoms with Gasteiger partial charge in [-0.05, 0) is 29.7 Å². The normalized spacial score (nSPS) is 14.0. The fourth-order valence-corrected chi connectivity index (χ4v) is 4.86. The zero-order valence-corrected chi connectivity index (χ0v) is 19.6. The maximum atomic E-state index is 12.9. The fraction of sp³-hybridized carbons (Fsp3) is 0.333. The second-order valence-electron chi connectivity index (χ2n) is 8.22. The quantitative estimate of drug-likeness (QED) is 0.293. The van der Waals surface area contributed by atoms with Crippen LogP contribution >= 0.6 is 11.8 Å². The first-order valence-electron chi connectivity index (χ1n) is 11.0. The Morgan fingerprint density at radius 1 is 1.09 bits per heavy atom. The SMILES string of the molecule is CC(C)c1ccccc1-n1ccnc1SCC(=O)N1CCN(c2ccc([N+](=O)[O-])cc2)CC1. The van der Waals surface area contributed by atoms with Crippen molar-refractivity contribution in [3.63, 3.8) is 0 Å². The molecule has 0 radical (unpaired) electrons. The molecule has 9 heteroatoms. The van der Waals surface area contributed by atoms with Gasteiger partial charge in [-0.1, -0.05) is 43.8 Å². The first kappa shape index (κ1) is 22.8. The van der Waals surface area contributed by atoms with Crippen LogP contribution in [0.5, 0.6) is 0 Å². The van der Waals surface area contributed by atoms with Crippen molar-refractivity contribution in [3.8, 4) is 5.69 Å². The topological polar surface area (TPSA) is 84.5 Å². The number of carbonyl (C=O) groups excluding carboxylic acids is 1. The van der Waals surface area contributed by atoms with Crippen LogP contribution in [-0.2, 0) is 4.79 Å². The minimum atomic E-state index is -0.398. The Bertz CT molecular complexity index is 1120. The number of hydrogen-bond donors (Lipinski definition) is 0. The van der Waals surface area contributed by atoms with E-state index < -0.39 is 4.92 Å². The van der Waals surface area contributed by atoms with E-state index in [1.54, 1.807) is 18.3 Å². The molecule has 1 saturated heterocycles. The fourth-order valence-electron chi connectivity index (χ4n) is 3.99. The molecule has 2 heterocycles. The van der Waals surface area contributed by atoms with Crippen molar-refractivity contribution in [2.75, 3.05) is 36.8 Å². The van der Waals surface area contributed by atoms with Gasteiger partial charge >= 0.3 is 0 Å². The average molecular weight is 466 g/mol. The Morgan fingerprint density at radius 3 is 2.45 bits per heavy atom. The number of rotatable bonds is 7. The van der Waals surface area contributed by atoms with Crippen LogP contribution in [0.15, 0.2) is 66.1 Å². The monoisotopic (exact) mass is 465 g/mol. The van der Waals surface area contributed by atoms with Crippen LogP contribution in [0.25, 0.3) is 5.69 Å². The maximum Gasteiger partial charge on any atom is 0.269 e. The number of imidazole rings is 1. The third-order valence-corrected chi connectivity index (χ3v) is 6.76. The number of nitro benzene ring substituents is 1. The molecule has 1 aliphatic rings. The molecule has 1 aromatic heterocycles. The van der Waals surface area contributed by atoms with E-state index in [0.29, 0.717) is 37.8 Å². The second-order valence-corrected chi connectivity index (χ2v) is 9.17. The highest BCUT2D eigenvalue weighted by Crippen LogP contribution is 2.27. The number of benzene rings is 2. The smallest absolute Gasteiger partial charge is 0.269 e. The van der Waals surface area contributed by atoms with Crippen molar-refractivity contribution in [3.05, 3.63) is 76.6 Å². The van der Waals surface area contributed by atoms with Crippen molar-refractivity contribution >= 4 is 29.0 Å². The molecule has 172 valence electrons. The van der Waals surface area contributed by atoms with Crippen LogP contribution < -0.4 is 4.90 Å². The minimum Gasteiger partial charge on any atom is -0.368 e. The summed E-state index contributed by atoms with van der Waals surface area (Å²) in [6.45, 7) is 6.99. The highest BCUT2D eigenvalue weighted by atomic mass is 32.2. The summed E-state index contributed by atoms with van der Waals surface area (Å²) in [5, 5.41) is 11.6. The number of hydrogen-bond acceptors (Lipinski definition) is 6. The van der Waals surface area contributed by atoms with Crippen LogP contribution in [0.1, 0.15) is 25.3 Å².